The monoisotopic (exact) mass is 291 g/mol. The zero-order chi connectivity index (χ0) is 15.4. The summed E-state index contributed by atoms with van der Waals surface area (Å²) in [5.74, 6) is -0.297. The largest absolute Gasteiger partial charge is 0.463 e. The fourth-order valence-electron chi connectivity index (χ4n) is 2.17. The lowest BCUT2D eigenvalue weighted by atomic mass is 10.0. The maximum absolute atomic E-state index is 14.1. The van der Waals surface area contributed by atoms with Gasteiger partial charge in [0, 0.05) is 5.56 Å². The van der Waals surface area contributed by atoms with Gasteiger partial charge in [-0.15, -0.1) is 0 Å². The molecule has 1 aromatic carbocycles. The van der Waals surface area contributed by atoms with Crippen LogP contribution in [0.1, 0.15) is 40.4 Å². The zero-order valence-corrected chi connectivity index (χ0v) is 12.3. The first kappa shape index (κ1) is 15.3. The second-order valence-electron chi connectivity index (χ2n) is 4.71. The van der Waals surface area contributed by atoms with Crippen LogP contribution in [0.3, 0.4) is 0 Å². The second-order valence-corrected chi connectivity index (χ2v) is 4.71. The third kappa shape index (κ3) is 3.31. The van der Waals surface area contributed by atoms with Crippen LogP contribution in [0.4, 0.5) is 4.39 Å². The molecule has 0 aliphatic carbocycles. The van der Waals surface area contributed by atoms with Crippen LogP contribution in [-0.2, 0) is 4.74 Å². The summed E-state index contributed by atoms with van der Waals surface area (Å²) in [6, 6.07) is 7.64. The van der Waals surface area contributed by atoms with Gasteiger partial charge in [0.05, 0.1) is 13.2 Å². The van der Waals surface area contributed by atoms with Crippen LogP contribution in [0.2, 0.25) is 0 Å². The number of aryl methyl sites for hydroxylation is 1. The van der Waals surface area contributed by atoms with Gasteiger partial charge in [-0.1, -0.05) is 24.6 Å². The molecular weight excluding hydrogens is 273 g/mol. The second kappa shape index (κ2) is 6.54. The standard InChI is InChI=1S/C16H18FNO3/c1-4-18-15(11-9-10(2)5-6-12(11)17)13-7-8-14(21-13)16(19)20-3/h5-9,15,18H,4H2,1-3H3. The van der Waals surface area contributed by atoms with E-state index in [1.165, 1.54) is 19.2 Å². The Morgan fingerprint density at radius 1 is 1.38 bits per heavy atom. The van der Waals surface area contributed by atoms with E-state index in [4.69, 9.17) is 4.42 Å². The Morgan fingerprint density at radius 3 is 2.81 bits per heavy atom. The lowest BCUT2D eigenvalue weighted by molar-refractivity contribution is 0.0562. The van der Waals surface area contributed by atoms with Crippen molar-refractivity contribution in [3.8, 4) is 0 Å². The predicted octanol–water partition coefficient (Wildman–Crippen LogP) is 3.21. The van der Waals surface area contributed by atoms with Gasteiger partial charge < -0.3 is 14.5 Å². The molecule has 0 fully saturated rings. The van der Waals surface area contributed by atoms with Gasteiger partial charge in [-0.05, 0) is 31.7 Å². The normalized spacial score (nSPS) is 12.2. The van der Waals surface area contributed by atoms with Crippen molar-refractivity contribution < 1.29 is 18.3 Å². The summed E-state index contributed by atoms with van der Waals surface area (Å²) in [5, 5.41) is 3.17. The first-order valence-electron chi connectivity index (χ1n) is 6.74. The molecule has 0 radical (unpaired) electrons. The van der Waals surface area contributed by atoms with Crippen LogP contribution < -0.4 is 5.32 Å². The third-order valence-electron chi connectivity index (χ3n) is 3.17. The van der Waals surface area contributed by atoms with Gasteiger partial charge in [0.15, 0.2) is 0 Å². The first-order valence-corrected chi connectivity index (χ1v) is 6.74. The number of hydrogen-bond acceptors (Lipinski definition) is 4. The molecule has 0 saturated heterocycles. The van der Waals surface area contributed by atoms with E-state index in [-0.39, 0.29) is 11.6 Å². The maximum atomic E-state index is 14.1. The number of nitrogens with one attached hydrogen (secondary N) is 1. The van der Waals surface area contributed by atoms with Crippen molar-refractivity contribution in [2.45, 2.75) is 19.9 Å². The van der Waals surface area contributed by atoms with Gasteiger partial charge in [-0.25, -0.2) is 9.18 Å². The summed E-state index contributed by atoms with van der Waals surface area (Å²) < 4.78 is 24.2. The molecule has 0 bridgehead atoms. The maximum Gasteiger partial charge on any atom is 0.373 e. The molecule has 21 heavy (non-hydrogen) atoms. The van der Waals surface area contributed by atoms with Gasteiger partial charge in [-0.2, -0.15) is 0 Å². The van der Waals surface area contributed by atoms with Crippen molar-refractivity contribution in [1.82, 2.24) is 5.32 Å². The summed E-state index contributed by atoms with van der Waals surface area (Å²) >= 11 is 0. The minimum absolute atomic E-state index is 0.100. The van der Waals surface area contributed by atoms with Gasteiger partial charge in [0.2, 0.25) is 5.76 Å². The lowest BCUT2D eigenvalue weighted by Crippen LogP contribution is -2.22. The van der Waals surface area contributed by atoms with Crippen molar-refractivity contribution in [3.05, 3.63) is 58.8 Å². The summed E-state index contributed by atoms with van der Waals surface area (Å²) in [6.07, 6.45) is 0. The summed E-state index contributed by atoms with van der Waals surface area (Å²) in [7, 11) is 1.28. The Labute approximate surface area is 122 Å². The highest BCUT2D eigenvalue weighted by molar-refractivity contribution is 5.86. The Kier molecular flexibility index (Phi) is 4.75. The quantitative estimate of drug-likeness (QED) is 0.859. The smallest absolute Gasteiger partial charge is 0.373 e. The van der Waals surface area contributed by atoms with Crippen molar-refractivity contribution in [1.29, 1.82) is 0 Å². The predicted molar refractivity (Wildman–Crippen MR) is 76.7 cm³/mol. The number of halogens is 1. The van der Waals surface area contributed by atoms with Crippen LogP contribution in [0, 0.1) is 12.7 Å². The van der Waals surface area contributed by atoms with Crippen LogP contribution in [0.25, 0.3) is 0 Å². The van der Waals surface area contributed by atoms with E-state index in [2.05, 4.69) is 10.1 Å². The van der Waals surface area contributed by atoms with Crippen molar-refractivity contribution in [2.75, 3.05) is 13.7 Å². The van der Waals surface area contributed by atoms with Crippen molar-refractivity contribution in [2.24, 2.45) is 0 Å². The van der Waals surface area contributed by atoms with Crippen LogP contribution in [0.15, 0.2) is 34.7 Å². The minimum Gasteiger partial charge on any atom is -0.463 e. The molecular formula is C16H18FNO3. The number of benzene rings is 1. The number of methoxy groups -OCH3 is 1. The van der Waals surface area contributed by atoms with Gasteiger partial charge in [0.1, 0.15) is 11.6 Å². The van der Waals surface area contributed by atoms with Gasteiger partial charge in [-0.3, -0.25) is 0 Å². The Balaban J connectivity index is 2.41. The van der Waals surface area contributed by atoms with E-state index in [1.807, 2.05) is 13.8 Å². The molecule has 112 valence electrons. The molecule has 1 N–H and O–H groups in total. The van der Waals surface area contributed by atoms with Crippen LogP contribution in [0.5, 0.6) is 0 Å². The highest BCUT2D eigenvalue weighted by Gasteiger charge is 2.22. The molecule has 2 aromatic rings. The molecule has 1 aromatic heterocycles. The molecule has 0 aliphatic heterocycles. The van der Waals surface area contributed by atoms with Gasteiger partial charge in [0.25, 0.3) is 0 Å². The Morgan fingerprint density at radius 2 is 2.14 bits per heavy atom. The third-order valence-corrected chi connectivity index (χ3v) is 3.17. The van der Waals surface area contributed by atoms with E-state index < -0.39 is 12.0 Å². The number of carbonyl (C=O) groups is 1. The van der Waals surface area contributed by atoms with Crippen molar-refractivity contribution >= 4 is 5.97 Å². The molecule has 0 spiro atoms. The molecule has 1 heterocycles. The summed E-state index contributed by atoms with van der Waals surface area (Å²) in [4.78, 5) is 11.5. The Hall–Kier alpha value is -2.14. The zero-order valence-electron chi connectivity index (χ0n) is 12.3. The average molecular weight is 291 g/mol. The van der Waals surface area contributed by atoms with E-state index in [0.717, 1.165) is 5.56 Å². The number of esters is 1. The average Bonchev–Trinajstić information content (AvgIpc) is 2.96. The summed E-state index contributed by atoms with van der Waals surface area (Å²) in [6.45, 7) is 4.45. The van der Waals surface area contributed by atoms with Crippen molar-refractivity contribution in [3.63, 3.8) is 0 Å². The van der Waals surface area contributed by atoms with E-state index >= 15 is 0 Å². The molecule has 2 rings (SSSR count). The highest BCUT2D eigenvalue weighted by atomic mass is 19.1. The van der Waals surface area contributed by atoms with E-state index in [9.17, 15) is 9.18 Å². The number of hydrogen-bond donors (Lipinski definition) is 1. The lowest BCUT2D eigenvalue weighted by Gasteiger charge is -2.17. The van der Waals surface area contributed by atoms with E-state index in [1.54, 1.807) is 18.2 Å². The molecule has 5 heteroatoms. The molecule has 0 aliphatic rings. The number of carbonyl (C=O) groups excluding carboxylic acids is 1. The van der Waals surface area contributed by atoms with Crippen LogP contribution >= 0.6 is 0 Å². The fourth-order valence-corrected chi connectivity index (χ4v) is 2.17. The molecule has 0 amide bonds. The number of furan rings is 1. The van der Waals surface area contributed by atoms with E-state index in [0.29, 0.717) is 17.9 Å². The SMILES string of the molecule is CCNC(c1ccc(C(=O)OC)o1)c1cc(C)ccc1F. The number of rotatable bonds is 5. The minimum atomic E-state index is -0.554. The number of ether oxygens (including phenoxy) is 1. The molecule has 1 atom stereocenters. The topological polar surface area (TPSA) is 51.5 Å². The first-order chi connectivity index (χ1) is 10.1. The molecule has 4 nitrogen and oxygen atoms in total. The van der Waals surface area contributed by atoms with Gasteiger partial charge >= 0.3 is 5.97 Å². The van der Waals surface area contributed by atoms with Crippen LogP contribution in [-0.4, -0.2) is 19.6 Å². The molecule has 1 unspecified atom stereocenters. The highest BCUT2D eigenvalue weighted by Crippen LogP contribution is 2.27. The Bertz CT molecular complexity index is 636. The fraction of sp³-hybridized carbons (Fsp3) is 0.312. The molecule has 0 saturated carbocycles. The summed E-state index contributed by atoms with van der Waals surface area (Å²) in [5.41, 5.74) is 1.44.